The van der Waals surface area contributed by atoms with Crippen LogP contribution in [0, 0.1) is 11.7 Å². The number of hydrogen-bond acceptors (Lipinski definition) is 2. The molecule has 1 aliphatic carbocycles. The van der Waals surface area contributed by atoms with E-state index in [9.17, 15) is 9.18 Å². The lowest BCUT2D eigenvalue weighted by molar-refractivity contribution is -0.121. The molecule has 0 radical (unpaired) electrons. The van der Waals surface area contributed by atoms with Crippen LogP contribution in [0.4, 0.5) is 4.39 Å². The summed E-state index contributed by atoms with van der Waals surface area (Å²) in [6.45, 7) is 2.67. The van der Waals surface area contributed by atoms with Crippen molar-refractivity contribution >= 4 is 11.9 Å². The third-order valence-electron chi connectivity index (χ3n) is 5.77. The molecular weight excluding hydrogens is 331 g/mol. The number of carbonyl (C=O) groups is 1. The molecule has 0 atom stereocenters. The van der Waals surface area contributed by atoms with Gasteiger partial charge in [0.2, 0.25) is 5.91 Å². The first-order valence-electron chi connectivity index (χ1n) is 9.48. The summed E-state index contributed by atoms with van der Waals surface area (Å²) < 4.78 is 13.2. The Balaban J connectivity index is 1.51. The minimum atomic E-state index is -0.187. The van der Waals surface area contributed by atoms with Crippen molar-refractivity contribution in [3.05, 3.63) is 35.6 Å². The molecule has 1 aromatic carbocycles. The molecule has 6 heteroatoms. The van der Waals surface area contributed by atoms with E-state index >= 15 is 0 Å². The molecule has 1 saturated carbocycles. The van der Waals surface area contributed by atoms with Crippen molar-refractivity contribution in [2.45, 2.75) is 37.5 Å². The maximum absolute atomic E-state index is 13.2. The smallest absolute Gasteiger partial charge is 0.220 e. The van der Waals surface area contributed by atoms with Gasteiger partial charge in [-0.05, 0) is 49.3 Å². The van der Waals surface area contributed by atoms with Gasteiger partial charge in [0, 0.05) is 45.6 Å². The van der Waals surface area contributed by atoms with Gasteiger partial charge >= 0.3 is 0 Å². The van der Waals surface area contributed by atoms with Gasteiger partial charge in [-0.25, -0.2) is 4.39 Å². The third-order valence-corrected chi connectivity index (χ3v) is 5.77. The molecule has 26 heavy (non-hydrogen) atoms. The highest BCUT2D eigenvalue weighted by atomic mass is 19.1. The van der Waals surface area contributed by atoms with Gasteiger partial charge < -0.3 is 15.5 Å². The summed E-state index contributed by atoms with van der Waals surface area (Å²) in [7, 11) is 3.51. The number of halogens is 1. The van der Waals surface area contributed by atoms with E-state index in [1.165, 1.54) is 5.56 Å². The fourth-order valence-corrected chi connectivity index (χ4v) is 3.82. The van der Waals surface area contributed by atoms with Crippen LogP contribution in [0.3, 0.4) is 0 Å². The fraction of sp³-hybridized carbons (Fsp3) is 0.600. The lowest BCUT2D eigenvalue weighted by Crippen LogP contribution is -2.47. The number of carbonyl (C=O) groups excluding carboxylic acids is 1. The van der Waals surface area contributed by atoms with Gasteiger partial charge in [0.25, 0.3) is 0 Å². The highest BCUT2D eigenvalue weighted by Crippen LogP contribution is 2.47. The Labute approximate surface area is 155 Å². The van der Waals surface area contributed by atoms with Crippen LogP contribution in [0.25, 0.3) is 0 Å². The number of hydrogen-bond donors (Lipinski definition) is 2. The zero-order valence-electron chi connectivity index (χ0n) is 15.7. The van der Waals surface area contributed by atoms with E-state index in [1.54, 1.807) is 19.2 Å². The quantitative estimate of drug-likeness (QED) is 0.626. The van der Waals surface area contributed by atoms with Crippen LogP contribution in [0.5, 0.6) is 0 Å². The summed E-state index contributed by atoms with van der Waals surface area (Å²) in [6, 6.07) is 6.89. The Kier molecular flexibility index (Phi) is 5.79. The van der Waals surface area contributed by atoms with Gasteiger partial charge in [-0.15, -0.1) is 0 Å². The topological polar surface area (TPSA) is 56.7 Å². The molecule has 1 saturated heterocycles. The van der Waals surface area contributed by atoms with E-state index in [2.05, 4.69) is 20.5 Å². The molecule has 1 amide bonds. The molecule has 1 heterocycles. The van der Waals surface area contributed by atoms with Crippen molar-refractivity contribution in [1.29, 1.82) is 0 Å². The molecule has 2 aliphatic rings. The Morgan fingerprint density at radius 1 is 1.27 bits per heavy atom. The molecule has 0 bridgehead atoms. The molecule has 142 valence electrons. The minimum Gasteiger partial charge on any atom is -0.359 e. The van der Waals surface area contributed by atoms with Crippen LogP contribution < -0.4 is 10.6 Å². The number of nitrogens with one attached hydrogen (secondary N) is 2. The Bertz CT molecular complexity index is 646. The van der Waals surface area contributed by atoms with Crippen molar-refractivity contribution in [3.63, 3.8) is 0 Å². The molecule has 3 rings (SSSR count). The van der Waals surface area contributed by atoms with Crippen LogP contribution in [-0.2, 0) is 10.2 Å². The average molecular weight is 360 g/mol. The summed E-state index contributed by atoms with van der Waals surface area (Å²) in [5.41, 5.74) is 1.31. The Morgan fingerprint density at radius 2 is 1.92 bits per heavy atom. The van der Waals surface area contributed by atoms with Crippen molar-refractivity contribution in [2.75, 3.05) is 33.7 Å². The normalized spacial score (nSPS) is 20.0. The monoisotopic (exact) mass is 360 g/mol. The van der Waals surface area contributed by atoms with E-state index in [1.807, 2.05) is 19.2 Å². The van der Waals surface area contributed by atoms with E-state index in [0.29, 0.717) is 12.3 Å². The van der Waals surface area contributed by atoms with Crippen LogP contribution in [0.15, 0.2) is 29.3 Å². The number of piperidine rings is 1. The Morgan fingerprint density at radius 3 is 2.46 bits per heavy atom. The molecule has 1 aliphatic heterocycles. The molecule has 2 N–H and O–H groups in total. The average Bonchev–Trinajstić information content (AvgIpc) is 3.45. The third kappa shape index (κ3) is 4.34. The highest BCUT2D eigenvalue weighted by molar-refractivity contribution is 5.80. The van der Waals surface area contributed by atoms with Crippen molar-refractivity contribution < 1.29 is 9.18 Å². The number of nitrogens with zero attached hydrogens (tertiary/aromatic N) is 2. The van der Waals surface area contributed by atoms with Gasteiger partial charge in [0.1, 0.15) is 5.82 Å². The molecule has 2 fully saturated rings. The molecular formula is C20H29FN4O. The van der Waals surface area contributed by atoms with Gasteiger partial charge in [0.15, 0.2) is 5.96 Å². The van der Waals surface area contributed by atoms with Gasteiger partial charge in [-0.2, -0.15) is 0 Å². The predicted octanol–water partition coefficient (Wildman–Crippen LogP) is 2.28. The first-order chi connectivity index (χ1) is 12.6. The van der Waals surface area contributed by atoms with Gasteiger partial charge in [-0.3, -0.25) is 9.79 Å². The van der Waals surface area contributed by atoms with Crippen molar-refractivity contribution in [1.82, 2.24) is 15.5 Å². The second kappa shape index (κ2) is 8.06. The van der Waals surface area contributed by atoms with Gasteiger partial charge in [0.05, 0.1) is 0 Å². The summed E-state index contributed by atoms with van der Waals surface area (Å²) in [6.07, 6.45) is 4.88. The molecule has 0 unspecified atom stereocenters. The summed E-state index contributed by atoms with van der Waals surface area (Å²) in [5, 5.41) is 6.23. The van der Waals surface area contributed by atoms with Crippen LogP contribution in [0.2, 0.25) is 0 Å². The standard InChI is InChI=1S/C20H29FN4O/c1-22-18(26)13-15-7-11-25(12-8-15)19(23-2)24-14-20(9-10-20)16-3-5-17(21)6-4-16/h3-6,15H,7-14H2,1-2H3,(H,22,26)(H,23,24). The zero-order valence-corrected chi connectivity index (χ0v) is 15.7. The number of aliphatic imine (C=N–C) groups is 1. The maximum atomic E-state index is 13.2. The second-order valence-electron chi connectivity index (χ2n) is 7.50. The molecule has 5 nitrogen and oxygen atoms in total. The Hall–Kier alpha value is -2.11. The first kappa shape index (κ1) is 18.7. The van der Waals surface area contributed by atoms with Crippen molar-refractivity contribution in [2.24, 2.45) is 10.9 Å². The number of rotatable bonds is 5. The summed E-state index contributed by atoms with van der Waals surface area (Å²) in [4.78, 5) is 18.3. The fourth-order valence-electron chi connectivity index (χ4n) is 3.82. The zero-order chi connectivity index (χ0) is 18.6. The summed E-state index contributed by atoms with van der Waals surface area (Å²) >= 11 is 0. The van der Waals surface area contributed by atoms with E-state index in [-0.39, 0.29) is 17.1 Å². The first-order valence-corrected chi connectivity index (χ1v) is 9.48. The van der Waals surface area contributed by atoms with Crippen molar-refractivity contribution in [3.8, 4) is 0 Å². The highest BCUT2D eigenvalue weighted by Gasteiger charge is 2.44. The number of amides is 1. The molecule has 0 aromatic heterocycles. The lowest BCUT2D eigenvalue weighted by Gasteiger charge is -2.34. The van der Waals surface area contributed by atoms with E-state index < -0.39 is 0 Å². The van der Waals surface area contributed by atoms with E-state index in [0.717, 1.165) is 51.3 Å². The van der Waals surface area contributed by atoms with Gasteiger partial charge in [-0.1, -0.05) is 12.1 Å². The predicted molar refractivity (Wildman–Crippen MR) is 102 cm³/mol. The second-order valence-corrected chi connectivity index (χ2v) is 7.50. The summed E-state index contributed by atoms with van der Waals surface area (Å²) in [5.74, 6) is 1.32. The molecule has 1 aromatic rings. The lowest BCUT2D eigenvalue weighted by atomic mass is 9.93. The van der Waals surface area contributed by atoms with Crippen LogP contribution in [0.1, 0.15) is 37.7 Å². The van der Waals surface area contributed by atoms with Crippen LogP contribution in [-0.4, -0.2) is 50.5 Å². The number of likely N-dealkylation sites (tertiary alicyclic amines) is 1. The van der Waals surface area contributed by atoms with Crippen LogP contribution >= 0.6 is 0 Å². The molecule has 0 spiro atoms. The van der Waals surface area contributed by atoms with E-state index in [4.69, 9.17) is 0 Å². The largest absolute Gasteiger partial charge is 0.359 e. The minimum absolute atomic E-state index is 0.112. The maximum Gasteiger partial charge on any atom is 0.220 e. The number of benzene rings is 1. The SMILES string of the molecule is CN=C(NCC1(c2ccc(F)cc2)CC1)N1CCC(CC(=O)NC)CC1. The number of guanidine groups is 1.